The van der Waals surface area contributed by atoms with Crippen LogP contribution in [0.5, 0.6) is 0 Å². The molecular formula is C20H22N4O3S2. The highest BCUT2D eigenvalue weighted by molar-refractivity contribution is 7.89. The number of nitrogens with one attached hydrogen (secondary N) is 3. The lowest BCUT2D eigenvalue weighted by atomic mass is 10.1. The molecule has 2 heterocycles. The van der Waals surface area contributed by atoms with Crippen LogP contribution in [0.15, 0.2) is 47.4 Å². The Bertz CT molecular complexity index is 1150. The fourth-order valence-electron chi connectivity index (χ4n) is 3.39. The largest absolute Gasteiger partial charge is 0.315 e. The molecule has 1 fully saturated rings. The third kappa shape index (κ3) is 4.64. The first-order chi connectivity index (χ1) is 13.9. The van der Waals surface area contributed by atoms with Crippen LogP contribution in [0.25, 0.3) is 21.3 Å². The van der Waals surface area contributed by atoms with E-state index in [1.807, 2.05) is 24.3 Å². The topological polar surface area (TPSA) is 100 Å². The average Bonchev–Trinajstić information content (AvgIpc) is 3.09. The van der Waals surface area contributed by atoms with Crippen molar-refractivity contribution in [2.45, 2.75) is 30.7 Å². The molecule has 0 bridgehead atoms. The lowest BCUT2D eigenvalue weighted by Gasteiger charge is -2.23. The van der Waals surface area contributed by atoms with Gasteiger partial charge in [-0.3, -0.25) is 4.79 Å². The third-order valence-electron chi connectivity index (χ3n) is 4.77. The number of hydrogen-bond donors (Lipinski definition) is 3. The highest BCUT2D eigenvalue weighted by Crippen LogP contribution is 2.31. The molecule has 0 saturated carbocycles. The van der Waals surface area contributed by atoms with E-state index < -0.39 is 10.0 Å². The maximum atomic E-state index is 12.8. The number of anilines is 1. The number of fused-ring (bicyclic) bond motifs is 1. The number of amides is 1. The molecule has 29 heavy (non-hydrogen) atoms. The Morgan fingerprint density at radius 1 is 1.21 bits per heavy atom. The van der Waals surface area contributed by atoms with Gasteiger partial charge in [0.25, 0.3) is 0 Å². The molecule has 0 radical (unpaired) electrons. The second-order valence-corrected chi connectivity index (χ2v) is 9.82. The van der Waals surface area contributed by atoms with Crippen molar-refractivity contribution in [1.29, 1.82) is 0 Å². The summed E-state index contributed by atoms with van der Waals surface area (Å²) in [5, 5.41) is 6.46. The number of aromatic nitrogens is 1. The van der Waals surface area contributed by atoms with Crippen molar-refractivity contribution in [2.24, 2.45) is 0 Å². The summed E-state index contributed by atoms with van der Waals surface area (Å²) in [6, 6.07) is 12.6. The van der Waals surface area contributed by atoms with Gasteiger partial charge in [-0.1, -0.05) is 29.5 Å². The van der Waals surface area contributed by atoms with Gasteiger partial charge in [0.15, 0.2) is 5.13 Å². The number of benzene rings is 2. The number of piperidine rings is 1. The van der Waals surface area contributed by atoms with Gasteiger partial charge in [-0.05, 0) is 54.8 Å². The first-order valence-corrected chi connectivity index (χ1v) is 11.7. The molecule has 7 nitrogen and oxygen atoms in total. The van der Waals surface area contributed by atoms with E-state index in [4.69, 9.17) is 0 Å². The van der Waals surface area contributed by atoms with Crippen LogP contribution in [0.1, 0.15) is 19.8 Å². The van der Waals surface area contributed by atoms with Crippen molar-refractivity contribution in [3.8, 4) is 11.1 Å². The number of sulfonamides is 1. The molecule has 4 rings (SSSR count). The summed E-state index contributed by atoms with van der Waals surface area (Å²) in [5.74, 6) is -0.164. The van der Waals surface area contributed by atoms with Crippen LogP contribution in [-0.4, -0.2) is 38.4 Å². The molecule has 1 amide bonds. The maximum absolute atomic E-state index is 12.8. The minimum absolute atomic E-state index is 0.0850. The summed E-state index contributed by atoms with van der Waals surface area (Å²) >= 11 is 1.39. The van der Waals surface area contributed by atoms with Crippen LogP contribution in [0.3, 0.4) is 0 Å². The summed E-state index contributed by atoms with van der Waals surface area (Å²) < 4.78 is 29.4. The van der Waals surface area contributed by atoms with Gasteiger partial charge in [-0.2, -0.15) is 0 Å². The van der Waals surface area contributed by atoms with E-state index in [-0.39, 0.29) is 16.8 Å². The average molecular weight is 431 g/mol. The summed E-state index contributed by atoms with van der Waals surface area (Å²) in [5.41, 5.74) is 2.50. The molecular weight excluding hydrogens is 408 g/mol. The smallest absolute Gasteiger partial charge is 0.240 e. The Labute approximate surface area is 173 Å². The Kier molecular flexibility index (Phi) is 5.64. The van der Waals surface area contributed by atoms with Crippen LogP contribution in [0.2, 0.25) is 0 Å². The molecule has 1 saturated heterocycles. The Hall–Kier alpha value is -2.33. The maximum Gasteiger partial charge on any atom is 0.240 e. The van der Waals surface area contributed by atoms with Gasteiger partial charge in [0.2, 0.25) is 15.9 Å². The van der Waals surface area contributed by atoms with Gasteiger partial charge in [0, 0.05) is 19.5 Å². The van der Waals surface area contributed by atoms with E-state index in [9.17, 15) is 13.2 Å². The molecule has 0 spiro atoms. The molecule has 0 aliphatic carbocycles. The molecule has 152 valence electrons. The van der Waals surface area contributed by atoms with Crippen molar-refractivity contribution in [2.75, 3.05) is 18.4 Å². The molecule has 2 aromatic carbocycles. The quantitative estimate of drug-likeness (QED) is 0.578. The van der Waals surface area contributed by atoms with Crippen molar-refractivity contribution < 1.29 is 13.2 Å². The van der Waals surface area contributed by atoms with Crippen LogP contribution in [0, 0.1) is 0 Å². The van der Waals surface area contributed by atoms with E-state index in [0.29, 0.717) is 11.7 Å². The Morgan fingerprint density at radius 2 is 2.03 bits per heavy atom. The minimum atomic E-state index is -3.59. The summed E-state index contributed by atoms with van der Waals surface area (Å²) in [7, 11) is -3.59. The SMILES string of the molecule is CC(=O)Nc1nc2ccc(-c3cccc(S(=O)(=O)NC4CCCNC4)c3)cc2s1. The van der Waals surface area contributed by atoms with Gasteiger partial charge >= 0.3 is 0 Å². The number of nitrogens with zero attached hydrogens (tertiary/aromatic N) is 1. The van der Waals surface area contributed by atoms with Crippen LogP contribution < -0.4 is 15.4 Å². The van der Waals surface area contributed by atoms with Gasteiger partial charge in [-0.15, -0.1) is 0 Å². The zero-order chi connectivity index (χ0) is 20.4. The van der Waals surface area contributed by atoms with Crippen molar-refractivity contribution in [3.05, 3.63) is 42.5 Å². The van der Waals surface area contributed by atoms with E-state index in [0.717, 1.165) is 40.7 Å². The van der Waals surface area contributed by atoms with Gasteiger partial charge < -0.3 is 10.6 Å². The zero-order valence-electron chi connectivity index (χ0n) is 15.9. The van der Waals surface area contributed by atoms with Crippen LogP contribution in [0.4, 0.5) is 5.13 Å². The summed E-state index contributed by atoms with van der Waals surface area (Å²) in [6.45, 7) is 3.02. The predicted molar refractivity (Wildman–Crippen MR) is 116 cm³/mol. The van der Waals surface area contributed by atoms with E-state index in [1.54, 1.807) is 18.2 Å². The van der Waals surface area contributed by atoms with Gasteiger partial charge in [0.1, 0.15) is 0 Å². The molecule has 1 aliphatic rings. The number of rotatable bonds is 5. The number of hydrogen-bond acceptors (Lipinski definition) is 6. The highest BCUT2D eigenvalue weighted by Gasteiger charge is 2.22. The predicted octanol–water partition coefficient (Wildman–Crippen LogP) is 2.95. The van der Waals surface area contributed by atoms with Gasteiger partial charge in [-0.25, -0.2) is 18.1 Å². The minimum Gasteiger partial charge on any atom is -0.315 e. The zero-order valence-corrected chi connectivity index (χ0v) is 17.6. The van der Waals surface area contributed by atoms with Crippen LogP contribution in [-0.2, 0) is 14.8 Å². The number of carbonyl (C=O) groups excluding carboxylic acids is 1. The van der Waals surface area contributed by atoms with E-state index in [1.165, 1.54) is 18.3 Å². The first-order valence-electron chi connectivity index (χ1n) is 9.42. The normalized spacial score (nSPS) is 17.3. The summed E-state index contributed by atoms with van der Waals surface area (Å²) in [6.07, 6.45) is 1.80. The second-order valence-electron chi connectivity index (χ2n) is 7.08. The molecule has 3 N–H and O–H groups in total. The fraction of sp³-hybridized carbons (Fsp3) is 0.300. The number of carbonyl (C=O) groups is 1. The Morgan fingerprint density at radius 3 is 2.79 bits per heavy atom. The summed E-state index contributed by atoms with van der Waals surface area (Å²) in [4.78, 5) is 15.9. The molecule has 1 atom stereocenters. The third-order valence-corrected chi connectivity index (χ3v) is 7.22. The first kappa shape index (κ1) is 20.0. The molecule has 9 heteroatoms. The van der Waals surface area contributed by atoms with E-state index >= 15 is 0 Å². The molecule has 3 aromatic rings. The monoisotopic (exact) mass is 430 g/mol. The van der Waals surface area contributed by atoms with Crippen LogP contribution >= 0.6 is 11.3 Å². The van der Waals surface area contributed by atoms with Gasteiger partial charge in [0.05, 0.1) is 15.1 Å². The molecule has 1 aliphatic heterocycles. The second kappa shape index (κ2) is 8.19. The molecule has 1 aromatic heterocycles. The lowest BCUT2D eigenvalue weighted by Crippen LogP contribution is -2.45. The highest BCUT2D eigenvalue weighted by atomic mass is 32.2. The van der Waals surface area contributed by atoms with E-state index in [2.05, 4.69) is 20.3 Å². The lowest BCUT2D eigenvalue weighted by molar-refractivity contribution is -0.114. The fourth-order valence-corrected chi connectivity index (χ4v) is 5.66. The standard InChI is InChI=1S/C20H22N4O3S2/c1-13(25)22-20-23-18-8-7-15(11-19(18)28-20)14-4-2-6-17(10-14)29(26,27)24-16-5-3-9-21-12-16/h2,4,6-8,10-11,16,21,24H,3,5,9,12H2,1H3,(H,22,23,25). The van der Waals surface area contributed by atoms with Crippen molar-refractivity contribution in [3.63, 3.8) is 0 Å². The Balaban J connectivity index is 1.61. The van der Waals surface area contributed by atoms with Crippen molar-refractivity contribution in [1.82, 2.24) is 15.0 Å². The van der Waals surface area contributed by atoms with Crippen molar-refractivity contribution >= 4 is 42.6 Å². The molecule has 1 unspecified atom stereocenters. The number of thiazole rings is 1.